The summed E-state index contributed by atoms with van der Waals surface area (Å²) < 4.78 is 10.4. The molecule has 114 valence electrons. The van der Waals surface area contributed by atoms with E-state index in [4.69, 9.17) is 8.83 Å². The zero-order valence-corrected chi connectivity index (χ0v) is 12.6. The maximum absolute atomic E-state index is 12.1. The van der Waals surface area contributed by atoms with E-state index in [1.54, 1.807) is 42.8 Å². The Hall–Kier alpha value is -2.38. The maximum Gasteiger partial charge on any atom is 0.270 e. The van der Waals surface area contributed by atoms with Crippen LogP contribution in [0.25, 0.3) is 10.8 Å². The summed E-state index contributed by atoms with van der Waals surface area (Å²) in [6, 6.07) is 6.88. The van der Waals surface area contributed by atoms with Gasteiger partial charge in [-0.1, -0.05) is 0 Å². The molecule has 0 aliphatic heterocycles. The Bertz CT molecular complexity index is 744. The van der Waals surface area contributed by atoms with Crippen molar-refractivity contribution >= 4 is 17.2 Å². The quantitative estimate of drug-likeness (QED) is 0.755. The molecule has 3 aromatic rings. The minimum Gasteiger partial charge on any atom is -0.466 e. The van der Waals surface area contributed by atoms with Gasteiger partial charge in [-0.2, -0.15) is 0 Å². The summed E-state index contributed by atoms with van der Waals surface area (Å²) >= 11 is 1.32. The minimum atomic E-state index is -1.28. The molecule has 1 amide bonds. The van der Waals surface area contributed by atoms with Crippen LogP contribution < -0.4 is 5.32 Å². The van der Waals surface area contributed by atoms with Crippen LogP contribution in [-0.2, 0) is 5.60 Å². The molecular weight excluding hydrogens is 304 g/mol. The van der Waals surface area contributed by atoms with Crippen LogP contribution in [0, 0.1) is 0 Å². The lowest BCUT2D eigenvalue weighted by atomic mass is 10.0. The summed E-state index contributed by atoms with van der Waals surface area (Å²) in [5, 5.41) is 15.2. The molecule has 22 heavy (non-hydrogen) atoms. The van der Waals surface area contributed by atoms with Crippen LogP contribution in [0.15, 0.2) is 51.0 Å². The van der Waals surface area contributed by atoms with Gasteiger partial charge in [-0.25, -0.2) is 4.98 Å². The number of hydrogen-bond donors (Lipinski definition) is 2. The van der Waals surface area contributed by atoms with Gasteiger partial charge >= 0.3 is 0 Å². The fourth-order valence-electron chi connectivity index (χ4n) is 1.91. The highest BCUT2D eigenvalue weighted by Crippen LogP contribution is 2.24. The Morgan fingerprint density at radius 2 is 2.14 bits per heavy atom. The SMILES string of the molecule is CC(O)(CNC(=O)c1csc(-c2ccco2)n1)c1ccco1. The predicted octanol–water partition coefficient (Wildman–Crippen LogP) is 2.63. The van der Waals surface area contributed by atoms with Gasteiger partial charge in [0.1, 0.15) is 17.1 Å². The van der Waals surface area contributed by atoms with Gasteiger partial charge in [0.25, 0.3) is 5.91 Å². The van der Waals surface area contributed by atoms with Crippen molar-refractivity contribution in [2.24, 2.45) is 0 Å². The molecule has 0 saturated heterocycles. The largest absolute Gasteiger partial charge is 0.466 e. The van der Waals surface area contributed by atoms with E-state index in [0.717, 1.165) is 0 Å². The van der Waals surface area contributed by atoms with E-state index < -0.39 is 5.60 Å². The fraction of sp³-hybridized carbons (Fsp3) is 0.200. The summed E-state index contributed by atoms with van der Waals surface area (Å²) in [7, 11) is 0. The first-order valence-corrected chi connectivity index (χ1v) is 7.48. The van der Waals surface area contributed by atoms with Gasteiger partial charge in [0.05, 0.1) is 19.1 Å². The number of aromatic nitrogens is 1. The van der Waals surface area contributed by atoms with Crippen molar-refractivity contribution in [3.05, 3.63) is 53.6 Å². The summed E-state index contributed by atoms with van der Waals surface area (Å²) in [5.41, 5.74) is -0.995. The van der Waals surface area contributed by atoms with Gasteiger partial charge in [0.15, 0.2) is 10.8 Å². The van der Waals surface area contributed by atoms with Crippen LogP contribution in [0.3, 0.4) is 0 Å². The van der Waals surface area contributed by atoms with Gasteiger partial charge in [-0.15, -0.1) is 11.3 Å². The van der Waals surface area contributed by atoms with Gasteiger partial charge in [0, 0.05) is 5.38 Å². The number of nitrogens with one attached hydrogen (secondary N) is 1. The molecule has 7 heteroatoms. The number of thiazole rings is 1. The molecule has 2 N–H and O–H groups in total. The molecule has 3 heterocycles. The van der Waals surface area contributed by atoms with Crippen molar-refractivity contribution in [2.45, 2.75) is 12.5 Å². The van der Waals surface area contributed by atoms with Crippen molar-refractivity contribution in [1.82, 2.24) is 10.3 Å². The standard InChI is InChI=1S/C15H14N2O4S/c1-15(19,12-5-3-7-21-12)9-16-13(18)10-8-22-14(17-10)11-4-2-6-20-11/h2-8,19H,9H2,1H3,(H,16,18). The number of rotatable bonds is 5. The van der Waals surface area contributed by atoms with Gasteiger partial charge in [-0.3, -0.25) is 4.79 Å². The molecule has 3 rings (SSSR count). The Labute approximate surface area is 130 Å². The van der Waals surface area contributed by atoms with E-state index in [9.17, 15) is 9.90 Å². The normalized spacial score (nSPS) is 13.7. The molecular formula is C15H14N2O4S. The number of hydrogen-bond acceptors (Lipinski definition) is 6. The number of carbonyl (C=O) groups is 1. The Kier molecular flexibility index (Phi) is 3.82. The smallest absolute Gasteiger partial charge is 0.270 e. The van der Waals surface area contributed by atoms with Crippen LogP contribution in [0.5, 0.6) is 0 Å². The monoisotopic (exact) mass is 318 g/mol. The zero-order valence-electron chi connectivity index (χ0n) is 11.8. The molecule has 0 spiro atoms. The lowest BCUT2D eigenvalue weighted by Gasteiger charge is -2.20. The highest BCUT2D eigenvalue weighted by molar-refractivity contribution is 7.13. The van der Waals surface area contributed by atoms with Crippen LogP contribution in [0.2, 0.25) is 0 Å². The second-order valence-corrected chi connectivity index (χ2v) is 5.81. The summed E-state index contributed by atoms with van der Waals surface area (Å²) in [4.78, 5) is 16.3. The topological polar surface area (TPSA) is 88.5 Å². The number of amides is 1. The minimum absolute atomic E-state index is 0.0208. The average molecular weight is 318 g/mol. The zero-order chi connectivity index (χ0) is 15.6. The first-order chi connectivity index (χ1) is 10.6. The number of carbonyl (C=O) groups excluding carboxylic acids is 1. The molecule has 0 aliphatic carbocycles. The van der Waals surface area contributed by atoms with Crippen LogP contribution in [0.1, 0.15) is 23.2 Å². The molecule has 1 atom stereocenters. The summed E-state index contributed by atoms with van der Waals surface area (Å²) in [5.74, 6) is 0.648. The van der Waals surface area contributed by atoms with Crippen molar-refractivity contribution in [2.75, 3.05) is 6.54 Å². The second-order valence-electron chi connectivity index (χ2n) is 4.95. The third kappa shape index (κ3) is 2.95. The lowest BCUT2D eigenvalue weighted by Crippen LogP contribution is -2.38. The van der Waals surface area contributed by atoms with E-state index in [2.05, 4.69) is 10.3 Å². The molecule has 0 radical (unpaired) electrons. The van der Waals surface area contributed by atoms with Gasteiger partial charge in [0.2, 0.25) is 0 Å². The molecule has 0 aromatic carbocycles. The van der Waals surface area contributed by atoms with E-state index in [1.165, 1.54) is 17.6 Å². The Balaban J connectivity index is 1.65. The first-order valence-electron chi connectivity index (χ1n) is 6.60. The molecule has 0 saturated carbocycles. The fourth-order valence-corrected chi connectivity index (χ4v) is 2.67. The van der Waals surface area contributed by atoms with Crippen molar-refractivity contribution in [1.29, 1.82) is 0 Å². The van der Waals surface area contributed by atoms with Crippen molar-refractivity contribution in [3.63, 3.8) is 0 Å². The van der Waals surface area contributed by atoms with E-state index >= 15 is 0 Å². The van der Waals surface area contributed by atoms with Crippen LogP contribution >= 0.6 is 11.3 Å². The maximum atomic E-state index is 12.1. The highest BCUT2D eigenvalue weighted by atomic mass is 32.1. The summed E-state index contributed by atoms with van der Waals surface area (Å²) in [6.45, 7) is 1.59. The van der Waals surface area contributed by atoms with E-state index in [-0.39, 0.29) is 18.1 Å². The first kappa shape index (κ1) is 14.6. The highest BCUT2D eigenvalue weighted by Gasteiger charge is 2.27. The predicted molar refractivity (Wildman–Crippen MR) is 80.4 cm³/mol. The molecule has 6 nitrogen and oxygen atoms in total. The van der Waals surface area contributed by atoms with Crippen molar-refractivity contribution in [3.8, 4) is 10.8 Å². The Morgan fingerprint density at radius 1 is 1.36 bits per heavy atom. The van der Waals surface area contributed by atoms with Gasteiger partial charge in [-0.05, 0) is 31.2 Å². The number of aliphatic hydroxyl groups is 1. The van der Waals surface area contributed by atoms with E-state index in [0.29, 0.717) is 16.5 Å². The molecule has 1 unspecified atom stereocenters. The van der Waals surface area contributed by atoms with Crippen LogP contribution in [-0.4, -0.2) is 22.5 Å². The van der Waals surface area contributed by atoms with E-state index in [1.807, 2.05) is 0 Å². The third-order valence-electron chi connectivity index (χ3n) is 3.11. The van der Waals surface area contributed by atoms with Gasteiger partial charge < -0.3 is 19.3 Å². The lowest BCUT2D eigenvalue weighted by molar-refractivity contribution is 0.0329. The third-order valence-corrected chi connectivity index (χ3v) is 3.97. The number of furan rings is 2. The van der Waals surface area contributed by atoms with Crippen molar-refractivity contribution < 1.29 is 18.7 Å². The molecule has 0 aliphatic rings. The molecule has 0 fully saturated rings. The summed E-state index contributed by atoms with van der Waals surface area (Å²) in [6.07, 6.45) is 3.03. The second kappa shape index (κ2) is 5.78. The molecule has 3 aromatic heterocycles. The average Bonchev–Trinajstić information content (AvgIpc) is 3.26. The number of nitrogens with zero attached hydrogens (tertiary/aromatic N) is 1. The van der Waals surface area contributed by atoms with Crippen LogP contribution in [0.4, 0.5) is 0 Å². The Morgan fingerprint density at radius 3 is 2.82 bits per heavy atom. The molecule has 0 bridgehead atoms.